The fourth-order valence-corrected chi connectivity index (χ4v) is 3.00. The quantitative estimate of drug-likeness (QED) is 0.928. The van der Waals surface area contributed by atoms with Crippen molar-refractivity contribution >= 4 is 34.7 Å². The van der Waals surface area contributed by atoms with E-state index in [2.05, 4.69) is 21.6 Å². The number of rotatable bonds is 4. The van der Waals surface area contributed by atoms with E-state index in [1.807, 2.05) is 19.2 Å². The highest BCUT2D eigenvalue weighted by Crippen LogP contribution is 2.34. The highest BCUT2D eigenvalue weighted by Gasteiger charge is 2.06. The molecule has 2 aromatic rings. The van der Waals surface area contributed by atoms with Gasteiger partial charge in [-0.25, -0.2) is 0 Å². The average molecular weight is 272 g/mol. The summed E-state index contributed by atoms with van der Waals surface area (Å²) in [5.74, 6) is 0. The largest absolute Gasteiger partial charge is 0.316 e. The number of nitrogens with zero attached hydrogens (tertiary/aromatic N) is 2. The zero-order valence-electron chi connectivity index (χ0n) is 8.61. The molecule has 0 aliphatic carbocycles. The Kier molecular flexibility index (Phi) is 4.17. The second-order valence-electron chi connectivity index (χ2n) is 3.10. The van der Waals surface area contributed by atoms with E-state index in [0.29, 0.717) is 0 Å². The summed E-state index contributed by atoms with van der Waals surface area (Å²) in [4.78, 5) is 1.01. The van der Waals surface area contributed by atoms with E-state index in [4.69, 9.17) is 11.6 Å². The highest BCUT2D eigenvalue weighted by molar-refractivity contribution is 8.01. The van der Waals surface area contributed by atoms with Gasteiger partial charge in [0.05, 0.1) is 5.02 Å². The summed E-state index contributed by atoms with van der Waals surface area (Å²) < 4.78 is 0.906. The molecule has 84 valence electrons. The molecule has 1 aromatic carbocycles. The zero-order valence-corrected chi connectivity index (χ0v) is 11.0. The Labute approximate surface area is 107 Å². The third-order valence-corrected chi connectivity index (χ3v) is 4.19. The molecule has 0 saturated carbocycles. The zero-order chi connectivity index (χ0) is 11.4. The smallest absolute Gasteiger partial charge is 0.178 e. The minimum absolute atomic E-state index is 0.757. The van der Waals surface area contributed by atoms with Crippen LogP contribution >= 0.6 is 34.7 Å². The van der Waals surface area contributed by atoms with Gasteiger partial charge in [-0.2, -0.15) is 0 Å². The molecule has 0 radical (unpaired) electrons. The van der Waals surface area contributed by atoms with E-state index in [1.54, 1.807) is 17.3 Å². The van der Waals surface area contributed by atoms with Gasteiger partial charge < -0.3 is 5.32 Å². The molecule has 1 N–H and O–H groups in total. The van der Waals surface area contributed by atoms with Crippen LogP contribution in [0.1, 0.15) is 5.56 Å². The lowest BCUT2D eigenvalue weighted by molar-refractivity contribution is 0.817. The molecule has 0 spiro atoms. The summed E-state index contributed by atoms with van der Waals surface area (Å²) in [7, 11) is 1.91. The molecular formula is C10H10ClN3S2. The van der Waals surface area contributed by atoms with Gasteiger partial charge in [0.1, 0.15) is 5.51 Å². The van der Waals surface area contributed by atoms with Crippen LogP contribution in [0.4, 0.5) is 0 Å². The van der Waals surface area contributed by atoms with Crippen molar-refractivity contribution in [3.8, 4) is 0 Å². The molecular weight excluding hydrogens is 262 g/mol. The number of halogens is 1. The van der Waals surface area contributed by atoms with E-state index in [9.17, 15) is 0 Å². The Bertz CT molecular complexity index is 459. The van der Waals surface area contributed by atoms with Crippen LogP contribution < -0.4 is 5.32 Å². The van der Waals surface area contributed by atoms with Crippen molar-refractivity contribution in [2.24, 2.45) is 0 Å². The van der Waals surface area contributed by atoms with Crippen molar-refractivity contribution in [1.82, 2.24) is 15.5 Å². The molecule has 0 fully saturated rings. The van der Waals surface area contributed by atoms with Crippen molar-refractivity contribution in [2.75, 3.05) is 7.05 Å². The summed E-state index contributed by atoms with van der Waals surface area (Å²) in [6.07, 6.45) is 0. The van der Waals surface area contributed by atoms with Gasteiger partial charge in [-0.1, -0.05) is 40.8 Å². The fourth-order valence-electron chi connectivity index (χ4n) is 1.24. The van der Waals surface area contributed by atoms with Gasteiger partial charge in [-0.15, -0.1) is 10.2 Å². The van der Waals surface area contributed by atoms with Crippen LogP contribution in [0.15, 0.2) is 32.9 Å². The summed E-state index contributed by atoms with van der Waals surface area (Å²) in [6.45, 7) is 0.823. The van der Waals surface area contributed by atoms with Gasteiger partial charge >= 0.3 is 0 Å². The SMILES string of the molecule is CNCc1ccc(Sc2nncs2)c(Cl)c1. The van der Waals surface area contributed by atoms with Crippen molar-refractivity contribution in [3.05, 3.63) is 34.3 Å². The van der Waals surface area contributed by atoms with Crippen molar-refractivity contribution < 1.29 is 0 Å². The monoisotopic (exact) mass is 271 g/mol. The summed E-state index contributed by atoms with van der Waals surface area (Å²) in [5, 5.41) is 11.6. The van der Waals surface area contributed by atoms with Gasteiger partial charge in [0.25, 0.3) is 0 Å². The topological polar surface area (TPSA) is 37.8 Å². The van der Waals surface area contributed by atoms with Gasteiger partial charge in [0.15, 0.2) is 4.34 Å². The van der Waals surface area contributed by atoms with Crippen LogP contribution in [-0.2, 0) is 6.54 Å². The van der Waals surface area contributed by atoms with E-state index < -0.39 is 0 Å². The molecule has 2 rings (SSSR count). The lowest BCUT2D eigenvalue weighted by Crippen LogP contribution is -2.04. The number of hydrogen-bond donors (Lipinski definition) is 1. The molecule has 6 heteroatoms. The predicted molar refractivity (Wildman–Crippen MR) is 68.2 cm³/mol. The summed E-state index contributed by atoms with van der Waals surface area (Å²) >= 11 is 9.24. The second-order valence-corrected chi connectivity index (χ2v) is 5.63. The standard InChI is InChI=1S/C10H10ClN3S2/c1-12-5-7-2-3-9(8(11)4-7)16-10-14-13-6-15-10/h2-4,6,12H,5H2,1H3. The molecule has 0 amide bonds. The normalized spacial score (nSPS) is 10.6. The van der Waals surface area contributed by atoms with Crippen molar-refractivity contribution in [2.45, 2.75) is 15.8 Å². The van der Waals surface area contributed by atoms with Gasteiger partial charge in [-0.05, 0) is 24.7 Å². The van der Waals surface area contributed by atoms with Gasteiger partial charge in [0, 0.05) is 11.4 Å². The first-order valence-electron chi connectivity index (χ1n) is 4.66. The third kappa shape index (κ3) is 2.95. The number of aromatic nitrogens is 2. The minimum atomic E-state index is 0.757. The van der Waals surface area contributed by atoms with Crippen molar-refractivity contribution in [3.63, 3.8) is 0 Å². The Morgan fingerprint density at radius 1 is 1.50 bits per heavy atom. The number of nitrogens with one attached hydrogen (secondary N) is 1. The van der Waals surface area contributed by atoms with Crippen LogP contribution in [-0.4, -0.2) is 17.2 Å². The molecule has 0 saturated heterocycles. The molecule has 16 heavy (non-hydrogen) atoms. The van der Waals surface area contributed by atoms with Gasteiger partial charge in [0.2, 0.25) is 0 Å². The Hall–Kier alpha value is -0.620. The van der Waals surface area contributed by atoms with E-state index >= 15 is 0 Å². The molecule has 0 bridgehead atoms. The van der Waals surface area contributed by atoms with E-state index in [0.717, 1.165) is 20.8 Å². The maximum Gasteiger partial charge on any atom is 0.178 e. The van der Waals surface area contributed by atoms with Gasteiger partial charge in [-0.3, -0.25) is 0 Å². The van der Waals surface area contributed by atoms with E-state index in [-0.39, 0.29) is 0 Å². The first-order chi connectivity index (χ1) is 7.79. The molecule has 0 aliphatic heterocycles. The van der Waals surface area contributed by atoms with Crippen LogP contribution in [0, 0.1) is 0 Å². The minimum Gasteiger partial charge on any atom is -0.316 e. The molecule has 1 aromatic heterocycles. The summed E-state index contributed by atoms with van der Waals surface area (Å²) in [6, 6.07) is 6.05. The van der Waals surface area contributed by atoms with Crippen molar-refractivity contribution in [1.29, 1.82) is 0 Å². The fraction of sp³-hybridized carbons (Fsp3) is 0.200. The summed E-state index contributed by atoms with van der Waals surface area (Å²) in [5.41, 5.74) is 2.89. The maximum absolute atomic E-state index is 6.19. The Balaban J connectivity index is 2.16. The third-order valence-electron chi connectivity index (χ3n) is 1.91. The molecule has 0 atom stereocenters. The first-order valence-corrected chi connectivity index (χ1v) is 6.74. The molecule has 0 aliphatic rings. The van der Waals surface area contributed by atoms with Crippen LogP contribution in [0.5, 0.6) is 0 Å². The maximum atomic E-state index is 6.19. The van der Waals surface area contributed by atoms with Crippen LogP contribution in [0.2, 0.25) is 5.02 Å². The lowest BCUT2D eigenvalue weighted by Gasteiger charge is -2.04. The average Bonchev–Trinajstić information content (AvgIpc) is 2.75. The molecule has 1 heterocycles. The molecule has 3 nitrogen and oxygen atoms in total. The van der Waals surface area contributed by atoms with Crippen LogP contribution in [0.25, 0.3) is 0 Å². The second kappa shape index (κ2) is 5.63. The van der Waals surface area contributed by atoms with E-state index in [1.165, 1.54) is 16.9 Å². The Morgan fingerprint density at radius 2 is 2.38 bits per heavy atom. The Morgan fingerprint density at radius 3 is 3.00 bits per heavy atom. The number of hydrogen-bond acceptors (Lipinski definition) is 5. The predicted octanol–water partition coefficient (Wildman–Crippen LogP) is 3.06. The van der Waals surface area contributed by atoms with Crippen LogP contribution in [0.3, 0.4) is 0 Å². The highest BCUT2D eigenvalue weighted by atomic mass is 35.5. The first kappa shape index (κ1) is 11.9. The lowest BCUT2D eigenvalue weighted by atomic mass is 10.2. The number of benzene rings is 1. The molecule has 0 unspecified atom stereocenters.